The van der Waals surface area contributed by atoms with Crippen LogP contribution >= 0.6 is 0 Å². The van der Waals surface area contributed by atoms with Gasteiger partial charge in [-0.15, -0.1) is 0 Å². The summed E-state index contributed by atoms with van der Waals surface area (Å²) in [4.78, 5) is 12.3. The van der Waals surface area contributed by atoms with Crippen LogP contribution in [0.5, 0.6) is 5.75 Å². The zero-order chi connectivity index (χ0) is 21.4. The second kappa shape index (κ2) is 10.2. The predicted molar refractivity (Wildman–Crippen MR) is 112 cm³/mol. The van der Waals surface area contributed by atoms with Crippen molar-refractivity contribution in [2.45, 2.75) is 32.7 Å². The van der Waals surface area contributed by atoms with Gasteiger partial charge in [-0.05, 0) is 62.2 Å². The van der Waals surface area contributed by atoms with Gasteiger partial charge >= 0.3 is 0 Å². The molecule has 2 rings (SSSR count). The Hall–Kier alpha value is -2.61. The Morgan fingerprint density at radius 1 is 1.14 bits per heavy atom. The van der Waals surface area contributed by atoms with E-state index in [2.05, 4.69) is 5.32 Å². The number of amides is 1. The van der Waals surface area contributed by atoms with Gasteiger partial charge in [0.15, 0.2) is 0 Å². The Morgan fingerprint density at radius 3 is 2.31 bits per heavy atom. The quantitative estimate of drug-likeness (QED) is 0.634. The molecule has 0 aliphatic rings. The van der Waals surface area contributed by atoms with Crippen LogP contribution < -0.4 is 14.4 Å². The van der Waals surface area contributed by atoms with Crippen LogP contribution in [0.3, 0.4) is 0 Å². The summed E-state index contributed by atoms with van der Waals surface area (Å²) >= 11 is 0. The number of ether oxygens (including phenoxy) is 1. The van der Waals surface area contributed by atoms with Crippen molar-refractivity contribution in [1.82, 2.24) is 5.32 Å². The van der Waals surface area contributed by atoms with E-state index in [-0.39, 0.29) is 24.9 Å². The van der Waals surface area contributed by atoms with Gasteiger partial charge in [0.1, 0.15) is 11.6 Å². The van der Waals surface area contributed by atoms with E-state index in [4.69, 9.17) is 4.74 Å². The third-order valence-electron chi connectivity index (χ3n) is 4.35. The molecule has 0 bridgehead atoms. The highest BCUT2D eigenvalue weighted by molar-refractivity contribution is 7.92. The van der Waals surface area contributed by atoms with Crippen LogP contribution in [0.1, 0.15) is 38.3 Å². The summed E-state index contributed by atoms with van der Waals surface area (Å²) < 4.78 is 43.8. The lowest BCUT2D eigenvalue weighted by atomic mass is 10.1. The first-order valence-corrected chi connectivity index (χ1v) is 11.3. The van der Waals surface area contributed by atoms with Gasteiger partial charge < -0.3 is 10.1 Å². The number of sulfonamides is 1. The number of nitrogens with zero attached hydrogens (tertiary/aromatic N) is 1. The molecule has 0 spiro atoms. The molecule has 2 aromatic carbocycles. The van der Waals surface area contributed by atoms with Crippen molar-refractivity contribution in [3.05, 3.63) is 59.9 Å². The molecule has 0 saturated carbocycles. The zero-order valence-electron chi connectivity index (χ0n) is 16.9. The van der Waals surface area contributed by atoms with E-state index in [0.717, 1.165) is 17.6 Å². The second-order valence-corrected chi connectivity index (χ2v) is 8.61. The summed E-state index contributed by atoms with van der Waals surface area (Å²) in [6, 6.07) is 12.6. The van der Waals surface area contributed by atoms with E-state index < -0.39 is 15.8 Å². The van der Waals surface area contributed by atoms with Crippen molar-refractivity contribution in [3.63, 3.8) is 0 Å². The fourth-order valence-corrected chi connectivity index (χ4v) is 3.86. The third-order valence-corrected chi connectivity index (χ3v) is 5.54. The molecule has 158 valence electrons. The molecule has 29 heavy (non-hydrogen) atoms. The van der Waals surface area contributed by atoms with Crippen molar-refractivity contribution in [2.75, 3.05) is 23.7 Å². The van der Waals surface area contributed by atoms with Gasteiger partial charge in [-0.2, -0.15) is 0 Å². The van der Waals surface area contributed by atoms with Gasteiger partial charge in [0.05, 0.1) is 24.6 Å². The number of hydrogen-bond acceptors (Lipinski definition) is 4. The fraction of sp³-hybridized carbons (Fsp3) is 0.381. The molecule has 6 nitrogen and oxygen atoms in total. The molecule has 1 N–H and O–H groups in total. The monoisotopic (exact) mass is 422 g/mol. The highest BCUT2D eigenvalue weighted by atomic mass is 32.2. The van der Waals surface area contributed by atoms with Crippen LogP contribution in [0.2, 0.25) is 0 Å². The first kappa shape index (κ1) is 22.7. The van der Waals surface area contributed by atoms with Crippen molar-refractivity contribution >= 4 is 21.6 Å². The standard InChI is InChI=1S/C21H27FN2O4S/c1-4-28-20-13-7-17(8-14-20)16(2)23-21(25)6-5-15-24(29(3,26)27)19-11-9-18(22)10-12-19/h7-14,16H,4-6,15H2,1-3H3,(H,23,25). The molecule has 2 aromatic rings. The summed E-state index contributed by atoms with van der Waals surface area (Å²) in [5.74, 6) is 0.167. The van der Waals surface area contributed by atoms with Crippen LogP contribution in [-0.2, 0) is 14.8 Å². The molecule has 8 heteroatoms. The summed E-state index contributed by atoms with van der Waals surface area (Å²) in [6.45, 7) is 4.52. The summed E-state index contributed by atoms with van der Waals surface area (Å²) in [6.07, 6.45) is 1.60. The average molecular weight is 423 g/mol. The Bertz CT molecular complexity index is 899. The van der Waals surface area contributed by atoms with Gasteiger partial charge in [-0.3, -0.25) is 9.10 Å². The highest BCUT2D eigenvalue weighted by Crippen LogP contribution is 2.20. The molecule has 0 aliphatic heterocycles. The van der Waals surface area contributed by atoms with E-state index in [1.807, 2.05) is 38.1 Å². The van der Waals surface area contributed by atoms with E-state index in [0.29, 0.717) is 18.7 Å². The van der Waals surface area contributed by atoms with Crippen molar-refractivity contribution < 1.29 is 22.3 Å². The Kier molecular flexibility index (Phi) is 8.01. The Morgan fingerprint density at radius 2 is 1.76 bits per heavy atom. The lowest BCUT2D eigenvalue weighted by Crippen LogP contribution is -2.32. The number of rotatable bonds is 10. The van der Waals surface area contributed by atoms with Gasteiger partial charge in [0, 0.05) is 13.0 Å². The molecule has 0 saturated heterocycles. The number of halogens is 1. The maximum atomic E-state index is 13.1. The summed E-state index contributed by atoms with van der Waals surface area (Å²) in [5.41, 5.74) is 1.32. The fourth-order valence-electron chi connectivity index (χ4n) is 2.89. The highest BCUT2D eigenvalue weighted by Gasteiger charge is 2.18. The normalized spacial score (nSPS) is 12.3. The van der Waals surface area contributed by atoms with Gasteiger partial charge in [0.25, 0.3) is 0 Å². The number of carbonyl (C=O) groups is 1. The number of hydrogen-bond donors (Lipinski definition) is 1. The molecular weight excluding hydrogens is 395 g/mol. The van der Waals surface area contributed by atoms with E-state index in [9.17, 15) is 17.6 Å². The molecule has 0 heterocycles. The molecule has 1 atom stereocenters. The van der Waals surface area contributed by atoms with Crippen LogP contribution in [-0.4, -0.2) is 33.7 Å². The topological polar surface area (TPSA) is 75.7 Å². The van der Waals surface area contributed by atoms with Crippen molar-refractivity contribution in [2.24, 2.45) is 0 Å². The number of nitrogens with one attached hydrogen (secondary N) is 1. The minimum absolute atomic E-state index is 0.134. The van der Waals surface area contributed by atoms with Gasteiger partial charge in [0.2, 0.25) is 15.9 Å². The SMILES string of the molecule is CCOc1ccc(C(C)NC(=O)CCCN(c2ccc(F)cc2)S(C)(=O)=O)cc1. The molecule has 0 fully saturated rings. The van der Waals surface area contributed by atoms with Crippen molar-refractivity contribution in [1.29, 1.82) is 0 Å². The first-order valence-electron chi connectivity index (χ1n) is 9.46. The third kappa shape index (κ3) is 7.05. The number of anilines is 1. The van der Waals surface area contributed by atoms with Crippen LogP contribution in [0.25, 0.3) is 0 Å². The van der Waals surface area contributed by atoms with Crippen LogP contribution in [0.4, 0.5) is 10.1 Å². The summed E-state index contributed by atoms with van der Waals surface area (Å²) in [5, 5.41) is 2.91. The number of benzene rings is 2. The van der Waals surface area contributed by atoms with E-state index >= 15 is 0 Å². The molecule has 0 aromatic heterocycles. The minimum Gasteiger partial charge on any atom is -0.494 e. The Labute approximate surface area is 171 Å². The maximum Gasteiger partial charge on any atom is 0.232 e. The van der Waals surface area contributed by atoms with Gasteiger partial charge in [-0.1, -0.05) is 12.1 Å². The Balaban J connectivity index is 1.89. The smallest absolute Gasteiger partial charge is 0.232 e. The molecule has 1 amide bonds. The number of carbonyl (C=O) groups excluding carboxylic acids is 1. The van der Waals surface area contributed by atoms with E-state index in [1.54, 1.807) is 0 Å². The van der Waals surface area contributed by atoms with Crippen molar-refractivity contribution in [3.8, 4) is 5.75 Å². The first-order chi connectivity index (χ1) is 13.7. The molecule has 0 aliphatic carbocycles. The van der Waals surface area contributed by atoms with E-state index in [1.165, 1.54) is 28.6 Å². The average Bonchev–Trinajstić information content (AvgIpc) is 2.66. The van der Waals surface area contributed by atoms with Crippen LogP contribution in [0.15, 0.2) is 48.5 Å². The molecular formula is C21H27FN2O4S. The lowest BCUT2D eigenvalue weighted by molar-refractivity contribution is -0.121. The minimum atomic E-state index is -3.54. The second-order valence-electron chi connectivity index (χ2n) is 6.71. The maximum absolute atomic E-state index is 13.1. The summed E-state index contributed by atoms with van der Waals surface area (Å²) in [7, 11) is -3.54. The largest absolute Gasteiger partial charge is 0.494 e. The lowest BCUT2D eigenvalue weighted by Gasteiger charge is -2.22. The van der Waals surface area contributed by atoms with Crippen LogP contribution in [0, 0.1) is 5.82 Å². The molecule has 1 unspecified atom stereocenters. The van der Waals surface area contributed by atoms with Gasteiger partial charge in [-0.25, -0.2) is 12.8 Å². The molecule has 0 radical (unpaired) electrons. The zero-order valence-corrected chi connectivity index (χ0v) is 17.7. The predicted octanol–water partition coefficient (Wildman–Crippen LogP) is 3.65.